The van der Waals surface area contributed by atoms with Crippen LogP contribution in [0.15, 0.2) is 0 Å². The van der Waals surface area contributed by atoms with Gasteiger partial charge in [0.05, 0.1) is 30.5 Å². The zero-order valence-electron chi connectivity index (χ0n) is 17.9. The number of unbranched alkanes of at least 4 members (excludes halogenated alkanes) is 3. The zero-order chi connectivity index (χ0) is 20.7. The molecule has 0 fully saturated rings. The van der Waals surface area contributed by atoms with E-state index in [2.05, 4.69) is 20.8 Å². The van der Waals surface area contributed by atoms with Crippen molar-refractivity contribution in [3.05, 3.63) is 0 Å². The molecule has 5 N–H and O–H groups in total. The highest BCUT2D eigenvalue weighted by Crippen LogP contribution is 2.17. The van der Waals surface area contributed by atoms with Crippen LogP contribution in [0.4, 0.5) is 0 Å². The van der Waals surface area contributed by atoms with Crippen molar-refractivity contribution >= 4 is 0 Å². The maximum Gasteiger partial charge on any atom is 0.0799 e. The molecule has 5 atom stereocenters. The van der Waals surface area contributed by atoms with Gasteiger partial charge in [0.1, 0.15) is 0 Å². The molecule has 0 aromatic heterocycles. The van der Waals surface area contributed by atoms with E-state index >= 15 is 0 Å². The Morgan fingerprint density at radius 1 is 0.519 bits per heavy atom. The third-order valence-corrected chi connectivity index (χ3v) is 5.20. The minimum absolute atomic E-state index is 0.391. The summed E-state index contributed by atoms with van der Waals surface area (Å²) in [5, 5.41) is 49.7. The van der Waals surface area contributed by atoms with Crippen LogP contribution in [-0.2, 0) is 0 Å². The highest BCUT2D eigenvalue weighted by molar-refractivity contribution is 4.69. The molecule has 0 aromatic rings. The summed E-state index contributed by atoms with van der Waals surface area (Å²) >= 11 is 0. The highest BCUT2D eigenvalue weighted by Gasteiger charge is 2.16. The van der Waals surface area contributed by atoms with Crippen LogP contribution in [0.2, 0.25) is 0 Å². The molecule has 0 heterocycles. The maximum atomic E-state index is 10.0. The van der Waals surface area contributed by atoms with Crippen LogP contribution in [0.5, 0.6) is 0 Å². The van der Waals surface area contributed by atoms with E-state index in [9.17, 15) is 25.5 Å². The maximum absolute atomic E-state index is 10.0. The Bertz CT molecular complexity index is 324. The molecular formula is C22H46O5. The molecule has 164 valence electrons. The summed E-state index contributed by atoms with van der Waals surface area (Å²) in [6.45, 7) is 6.23. The number of aliphatic hydroxyl groups excluding tert-OH is 5. The van der Waals surface area contributed by atoms with Crippen LogP contribution in [-0.4, -0.2) is 56.1 Å². The first-order valence-electron chi connectivity index (χ1n) is 11.2. The van der Waals surface area contributed by atoms with E-state index in [1.54, 1.807) is 0 Å². The van der Waals surface area contributed by atoms with Crippen molar-refractivity contribution < 1.29 is 25.5 Å². The second kappa shape index (κ2) is 16.7. The predicted molar refractivity (Wildman–Crippen MR) is 111 cm³/mol. The third kappa shape index (κ3) is 16.5. The van der Waals surface area contributed by atoms with Gasteiger partial charge in [0.15, 0.2) is 0 Å². The van der Waals surface area contributed by atoms with Crippen LogP contribution in [0.1, 0.15) is 104 Å². The number of hydrogen-bond donors (Lipinski definition) is 5. The van der Waals surface area contributed by atoms with E-state index < -0.39 is 30.5 Å². The van der Waals surface area contributed by atoms with Gasteiger partial charge < -0.3 is 25.5 Å². The number of rotatable bonds is 18. The molecule has 5 unspecified atom stereocenters. The number of aliphatic hydroxyl groups is 5. The first-order valence-corrected chi connectivity index (χ1v) is 11.2. The second-order valence-corrected chi connectivity index (χ2v) is 8.67. The third-order valence-electron chi connectivity index (χ3n) is 5.20. The van der Waals surface area contributed by atoms with Gasteiger partial charge in [0.2, 0.25) is 0 Å². The zero-order valence-corrected chi connectivity index (χ0v) is 17.9. The van der Waals surface area contributed by atoms with Gasteiger partial charge in [-0.15, -0.1) is 0 Å². The van der Waals surface area contributed by atoms with Gasteiger partial charge in [-0.25, -0.2) is 0 Å². The normalized spacial score (nSPS) is 17.7. The van der Waals surface area contributed by atoms with Crippen molar-refractivity contribution in [1.82, 2.24) is 0 Å². The topological polar surface area (TPSA) is 101 Å². The Hall–Kier alpha value is -0.200. The van der Waals surface area contributed by atoms with Crippen molar-refractivity contribution in [2.75, 3.05) is 0 Å². The first kappa shape index (κ1) is 26.8. The van der Waals surface area contributed by atoms with E-state index in [1.807, 2.05) is 0 Å². The van der Waals surface area contributed by atoms with Crippen LogP contribution in [0.3, 0.4) is 0 Å². The Labute approximate surface area is 166 Å². The van der Waals surface area contributed by atoms with Crippen molar-refractivity contribution in [2.45, 2.75) is 135 Å². The number of hydrogen-bond acceptors (Lipinski definition) is 5. The van der Waals surface area contributed by atoms with Gasteiger partial charge in [-0.1, -0.05) is 52.9 Å². The van der Waals surface area contributed by atoms with E-state index in [1.165, 1.54) is 0 Å². The standard InChI is InChI=1S/C22H46O5/c1-4-5-6-13-21(26)22(27)14-9-12-18(23)10-7-8-11-19(24)16-20(25)15-17(2)3/h17-27H,4-16H2,1-3H3. The lowest BCUT2D eigenvalue weighted by Gasteiger charge is -2.19. The van der Waals surface area contributed by atoms with Crippen LogP contribution in [0.25, 0.3) is 0 Å². The first-order chi connectivity index (χ1) is 12.8. The molecule has 0 radical (unpaired) electrons. The Balaban J connectivity index is 3.67. The summed E-state index contributed by atoms with van der Waals surface area (Å²) in [7, 11) is 0. The molecule has 0 saturated carbocycles. The van der Waals surface area contributed by atoms with Crippen LogP contribution < -0.4 is 0 Å². The largest absolute Gasteiger partial charge is 0.393 e. The van der Waals surface area contributed by atoms with Crippen molar-refractivity contribution in [3.63, 3.8) is 0 Å². The SMILES string of the molecule is CCCCCC(O)C(O)CCCC(O)CCCCC(O)CC(O)CC(C)C. The quantitative estimate of drug-likeness (QED) is 0.230. The van der Waals surface area contributed by atoms with E-state index in [-0.39, 0.29) is 0 Å². The van der Waals surface area contributed by atoms with Gasteiger partial charge in [-0.05, 0) is 57.3 Å². The molecule has 5 nitrogen and oxygen atoms in total. The molecule has 0 amide bonds. The fraction of sp³-hybridized carbons (Fsp3) is 1.00. The fourth-order valence-electron chi connectivity index (χ4n) is 3.53. The van der Waals surface area contributed by atoms with Gasteiger partial charge in [0.25, 0.3) is 0 Å². The molecule has 0 saturated heterocycles. The Morgan fingerprint density at radius 2 is 1.00 bits per heavy atom. The van der Waals surface area contributed by atoms with Gasteiger partial charge in [-0.2, -0.15) is 0 Å². The van der Waals surface area contributed by atoms with E-state index in [0.29, 0.717) is 50.9 Å². The van der Waals surface area contributed by atoms with Crippen LogP contribution in [0, 0.1) is 5.92 Å². The predicted octanol–water partition coefficient (Wildman–Crippen LogP) is 3.54. The molecule has 0 spiro atoms. The smallest absolute Gasteiger partial charge is 0.0799 e. The molecule has 0 aliphatic carbocycles. The van der Waals surface area contributed by atoms with Gasteiger partial charge >= 0.3 is 0 Å². The Kier molecular flexibility index (Phi) is 16.6. The molecule has 5 heteroatoms. The lowest BCUT2D eigenvalue weighted by molar-refractivity contribution is 0.00512. The molecule has 0 aliphatic heterocycles. The summed E-state index contributed by atoms with van der Waals surface area (Å²) in [5.74, 6) is 0.429. The lowest BCUT2D eigenvalue weighted by Crippen LogP contribution is -2.26. The molecule has 0 aromatic carbocycles. The molecular weight excluding hydrogens is 344 g/mol. The monoisotopic (exact) mass is 390 g/mol. The fourth-order valence-corrected chi connectivity index (χ4v) is 3.53. The molecule has 0 aliphatic rings. The minimum Gasteiger partial charge on any atom is -0.393 e. The van der Waals surface area contributed by atoms with E-state index in [0.717, 1.165) is 38.5 Å². The average Bonchev–Trinajstić information content (AvgIpc) is 2.57. The summed E-state index contributed by atoms with van der Waals surface area (Å²) in [6, 6.07) is 0. The van der Waals surface area contributed by atoms with Gasteiger partial charge in [-0.3, -0.25) is 0 Å². The summed E-state index contributed by atoms with van der Waals surface area (Å²) in [5.41, 5.74) is 0. The van der Waals surface area contributed by atoms with Crippen LogP contribution >= 0.6 is 0 Å². The average molecular weight is 391 g/mol. The molecule has 0 bridgehead atoms. The minimum atomic E-state index is -0.693. The molecule has 0 rings (SSSR count). The molecule has 27 heavy (non-hydrogen) atoms. The summed E-state index contributed by atoms with van der Waals surface area (Å²) in [6.07, 6.45) is 7.17. The second-order valence-electron chi connectivity index (χ2n) is 8.67. The summed E-state index contributed by atoms with van der Waals surface area (Å²) in [4.78, 5) is 0. The highest BCUT2D eigenvalue weighted by atomic mass is 16.3. The van der Waals surface area contributed by atoms with E-state index in [4.69, 9.17) is 0 Å². The van der Waals surface area contributed by atoms with Crippen molar-refractivity contribution in [3.8, 4) is 0 Å². The van der Waals surface area contributed by atoms with Gasteiger partial charge in [0, 0.05) is 0 Å². The van der Waals surface area contributed by atoms with Crippen molar-refractivity contribution in [1.29, 1.82) is 0 Å². The summed E-state index contributed by atoms with van der Waals surface area (Å²) < 4.78 is 0. The van der Waals surface area contributed by atoms with Crippen molar-refractivity contribution in [2.24, 2.45) is 5.92 Å². The lowest BCUT2D eigenvalue weighted by atomic mass is 9.97. The Morgan fingerprint density at radius 3 is 1.56 bits per heavy atom.